The van der Waals surface area contributed by atoms with E-state index in [0.717, 1.165) is 23.1 Å². The maximum Gasteiger partial charge on any atom is 0.137 e. The summed E-state index contributed by atoms with van der Waals surface area (Å²) in [6.45, 7) is 2.16. The van der Waals surface area contributed by atoms with Crippen molar-refractivity contribution in [2.24, 2.45) is 0 Å². The predicted octanol–water partition coefficient (Wildman–Crippen LogP) is 3.32. The molecule has 0 aliphatic carbocycles. The fourth-order valence-corrected chi connectivity index (χ4v) is 2.92. The molecule has 1 aromatic carbocycles. The van der Waals surface area contributed by atoms with Gasteiger partial charge in [0.1, 0.15) is 12.1 Å². The van der Waals surface area contributed by atoms with Crippen LogP contribution < -0.4 is 11.1 Å². The molecule has 2 aromatic heterocycles. The summed E-state index contributed by atoms with van der Waals surface area (Å²) in [6, 6.07) is 8.17. The second-order valence-corrected chi connectivity index (χ2v) is 5.66. The molecular weight excluding hydrogens is 268 g/mol. The van der Waals surface area contributed by atoms with E-state index in [-0.39, 0.29) is 0 Å². The minimum atomic E-state index is 0.306. The van der Waals surface area contributed by atoms with Crippen LogP contribution in [0.25, 0.3) is 10.9 Å². The van der Waals surface area contributed by atoms with Crippen molar-refractivity contribution in [1.82, 2.24) is 9.97 Å². The molecule has 1 atom stereocenters. The number of nitrogens with two attached hydrogens (primary N) is 1. The van der Waals surface area contributed by atoms with E-state index in [9.17, 15) is 0 Å². The van der Waals surface area contributed by atoms with E-state index in [4.69, 9.17) is 5.73 Å². The van der Waals surface area contributed by atoms with Gasteiger partial charge in [-0.2, -0.15) is 11.3 Å². The summed E-state index contributed by atoms with van der Waals surface area (Å²) < 4.78 is 0. The van der Waals surface area contributed by atoms with Gasteiger partial charge in [0, 0.05) is 17.1 Å². The van der Waals surface area contributed by atoms with Crippen molar-refractivity contribution in [1.29, 1.82) is 0 Å². The van der Waals surface area contributed by atoms with E-state index in [2.05, 4.69) is 39.0 Å². The van der Waals surface area contributed by atoms with Crippen LogP contribution in [0.3, 0.4) is 0 Å². The molecule has 4 nitrogen and oxygen atoms in total. The van der Waals surface area contributed by atoms with Gasteiger partial charge in [-0.25, -0.2) is 9.97 Å². The Labute approximate surface area is 121 Å². The Kier molecular flexibility index (Phi) is 3.52. The van der Waals surface area contributed by atoms with E-state index in [0.29, 0.717) is 11.7 Å². The highest BCUT2D eigenvalue weighted by atomic mass is 32.1. The molecule has 0 aliphatic rings. The standard InChI is InChI=1S/C15H16N4S/c1-10(6-11-4-5-20-8-11)19-15-13-3-2-12(16)7-14(13)17-9-18-15/h2-5,7-10H,6,16H2,1H3,(H,17,18,19). The Morgan fingerprint density at radius 1 is 1.30 bits per heavy atom. The van der Waals surface area contributed by atoms with Crippen molar-refractivity contribution in [3.8, 4) is 0 Å². The van der Waals surface area contributed by atoms with Crippen LogP contribution in [0.2, 0.25) is 0 Å². The maximum atomic E-state index is 5.79. The normalized spacial score (nSPS) is 12.4. The third-order valence-corrected chi connectivity index (χ3v) is 3.90. The van der Waals surface area contributed by atoms with Gasteiger partial charge in [0.2, 0.25) is 0 Å². The zero-order valence-corrected chi connectivity index (χ0v) is 12.0. The SMILES string of the molecule is CC(Cc1ccsc1)Nc1ncnc2cc(N)ccc12. The lowest BCUT2D eigenvalue weighted by molar-refractivity contribution is 0.788. The molecule has 3 N–H and O–H groups in total. The third-order valence-electron chi connectivity index (χ3n) is 3.17. The van der Waals surface area contributed by atoms with Gasteiger partial charge in [-0.15, -0.1) is 0 Å². The van der Waals surface area contributed by atoms with Gasteiger partial charge in [0.15, 0.2) is 0 Å². The molecule has 0 spiro atoms. The van der Waals surface area contributed by atoms with Crippen molar-refractivity contribution in [2.75, 3.05) is 11.1 Å². The molecule has 0 radical (unpaired) electrons. The molecule has 0 aliphatic heterocycles. The average molecular weight is 284 g/mol. The fraction of sp³-hybridized carbons (Fsp3) is 0.200. The molecule has 20 heavy (non-hydrogen) atoms. The monoisotopic (exact) mass is 284 g/mol. The topological polar surface area (TPSA) is 63.8 Å². The van der Waals surface area contributed by atoms with E-state index in [1.807, 2.05) is 18.2 Å². The Morgan fingerprint density at radius 3 is 3.00 bits per heavy atom. The number of rotatable bonds is 4. The van der Waals surface area contributed by atoms with Crippen LogP contribution in [0.15, 0.2) is 41.4 Å². The quantitative estimate of drug-likeness (QED) is 0.721. The zero-order chi connectivity index (χ0) is 13.9. The van der Waals surface area contributed by atoms with Crippen LogP contribution in [-0.2, 0) is 6.42 Å². The number of nitrogen functional groups attached to an aromatic ring is 1. The highest BCUT2D eigenvalue weighted by Gasteiger charge is 2.08. The zero-order valence-electron chi connectivity index (χ0n) is 11.2. The number of aromatic nitrogens is 2. The molecule has 1 unspecified atom stereocenters. The Bertz CT molecular complexity index is 709. The van der Waals surface area contributed by atoms with Crippen molar-refractivity contribution >= 4 is 33.7 Å². The van der Waals surface area contributed by atoms with Crippen LogP contribution in [-0.4, -0.2) is 16.0 Å². The van der Waals surface area contributed by atoms with Crippen molar-refractivity contribution in [3.63, 3.8) is 0 Å². The number of nitrogens with zero attached hydrogens (tertiary/aromatic N) is 2. The summed E-state index contributed by atoms with van der Waals surface area (Å²) in [4.78, 5) is 8.60. The van der Waals surface area contributed by atoms with E-state index in [1.165, 1.54) is 5.56 Å². The van der Waals surface area contributed by atoms with Crippen molar-refractivity contribution in [2.45, 2.75) is 19.4 Å². The summed E-state index contributed by atoms with van der Waals surface area (Å²) in [6.07, 6.45) is 2.55. The first-order valence-corrected chi connectivity index (χ1v) is 7.44. The molecule has 5 heteroatoms. The minimum Gasteiger partial charge on any atom is -0.399 e. The van der Waals surface area contributed by atoms with Gasteiger partial charge >= 0.3 is 0 Å². The van der Waals surface area contributed by atoms with E-state index < -0.39 is 0 Å². The summed E-state index contributed by atoms with van der Waals surface area (Å²) in [5.41, 5.74) is 8.71. The number of thiophene rings is 1. The number of benzene rings is 1. The molecular formula is C15H16N4S. The molecule has 0 bridgehead atoms. The first kappa shape index (κ1) is 12.9. The van der Waals surface area contributed by atoms with Crippen LogP contribution >= 0.6 is 11.3 Å². The lowest BCUT2D eigenvalue weighted by Gasteiger charge is -2.15. The summed E-state index contributed by atoms with van der Waals surface area (Å²) in [7, 11) is 0. The van der Waals surface area contributed by atoms with Crippen LogP contribution in [0.1, 0.15) is 12.5 Å². The second-order valence-electron chi connectivity index (χ2n) is 4.88. The van der Waals surface area contributed by atoms with Crippen molar-refractivity contribution < 1.29 is 0 Å². The smallest absolute Gasteiger partial charge is 0.137 e. The maximum absolute atomic E-state index is 5.79. The Morgan fingerprint density at radius 2 is 2.20 bits per heavy atom. The molecule has 3 aromatic rings. The van der Waals surface area contributed by atoms with E-state index in [1.54, 1.807) is 17.7 Å². The highest BCUT2D eigenvalue weighted by molar-refractivity contribution is 7.07. The van der Waals surface area contributed by atoms with Crippen LogP contribution in [0.5, 0.6) is 0 Å². The summed E-state index contributed by atoms with van der Waals surface area (Å²) in [5, 5.41) is 8.73. The Balaban J connectivity index is 1.83. The van der Waals surface area contributed by atoms with Gasteiger partial charge in [0.05, 0.1) is 5.52 Å². The first-order chi connectivity index (χ1) is 9.72. The second kappa shape index (κ2) is 5.46. The molecule has 0 amide bonds. The lowest BCUT2D eigenvalue weighted by Crippen LogP contribution is -2.18. The number of fused-ring (bicyclic) bond motifs is 1. The molecule has 0 fully saturated rings. The molecule has 2 heterocycles. The molecule has 3 rings (SSSR count). The Hall–Kier alpha value is -2.14. The van der Waals surface area contributed by atoms with Gasteiger partial charge in [-0.3, -0.25) is 0 Å². The largest absolute Gasteiger partial charge is 0.399 e. The molecule has 0 saturated carbocycles. The van der Waals surface area contributed by atoms with Gasteiger partial charge in [-0.1, -0.05) is 0 Å². The number of hydrogen-bond acceptors (Lipinski definition) is 5. The van der Waals surface area contributed by atoms with Crippen molar-refractivity contribution in [3.05, 3.63) is 46.9 Å². The summed E-state index contributed by atoms with van der Waals surface area (Å²) >= 11 is 1.72. The predicted molar refractivity (Wildman–Crippen MR) is 85.1 cm³/mol. The van der Waals surface area contributed by atoms with Gasteiger partial charge in [-0.05, 0) is 53.9 Å². The van der Waals surface area contributed by atoms with Gasteiger partial charge in [0.25, 0.3) is 0 Å². The average Bonchev–Trinajstić information content (AvgIpc) is 2.91. The summed E-state index contributed by atoms with van der Waals surface area (Å²) in [5.74, 6) is 0.859. The van der Waals surface area contributed by atoms with Crippen LogP contribution in [0.4, 0.5) is 11.5 Å². The third kappa shape index (κ3) is 2.72. The first-order valence-electron chi connectivity index (χ1n) is 6.50. The molecule has 0 saturated heterocycles. The van der Waals surface area contributed by atoms with Gasteiger partial charge < -0.3 is 11.1 Å². The lowest BCUT2D eigenvalue weighted by atomic mass is 10.1. The minimum absolute atomic E-state index is 0.306. The van der Waals surface area contributed by atoms with Crippen LogP contribution in [0, 0.1) is 0 Å². The number of anilines is 2. The molecule has 102 valence electrons. The van der Waals surface area contributed by atoms with E-state index >= 15 is 0 Å². The number of hydrogen-bond donors (Lipinski definition) is 2. The fourth-order valence-electron chi connectivity index (χ4n) is 2.24. The number of nitrogens with one attached hydrogen (secondary N) is 1. The highest BCUT2D eigenvalue weighted by Crippen LogP contribution is 2.22.